The van der Waals surface area contributed by atoms with Crippen LogP contribution in [-0.2, 0) is 27.8 Å². The van der Waals surface area contributed by atoms with Crippen LogP contribution in [0.2, 0.25) is 0 Å². The van der Waals surface area contributed by atoms with Crippen LogP contribution in [0.25, 0.3) is 0 Å². The highest BCUT2D eigenvalue weighted by molar-refractivity contribution is 7.92. The molecule has 1 aromatic heterocycles. The molecular weight excluding hydrogens is 400 g/mol. The zero-order chi connectivity index (χ0) is 20.1. The van der Waals surface area contributed by atoms with Crippen LogP contribution >= 0.6 is 11.3 Å². The number of carbonyl (C=O) groups is 1. The molecule has 1 N–H and O–H groups in total. The van der Waals surface area contributed by atoms with Crippen molar-refractivity contribution in [3.8, 4) is 0 Å². The van der Waals surface area contributed by atoms with Crippen molar-refractivity contribution in [3.63, 3.8) is 0 Å². The number of amides is 1. The van der Waals surface area contributed by atoms with Crippen LogP contribution < -0.4 is 4.72 Å². The van der Waals surface area contributed by atoms with Crippen LogP contribution in [0.5, 0.6) is 0 Å². The van der Waals surface area contributed by atoms with Gasteiger partial charge in [-0.3, -0.25) is 14.4 Å². The van der Waals surface area contributed by atoms with Gasteiger partial charge < -0.3 is 9.64 Å². The number of thiazole rings is 1. The monoisotopic (exact) mass is 424 g/mol. The van der Waals surface area contributed by atoms with Crippen molar-refractivity contribution >= 4 is 33.0 Å². The van der Waals surface area contributed by atoms with Crippen LogP contribution in [0.15, 0.2) is 29.6 Å². The minimum Gasteiger partial charge on any atom is -0.379 e. The van der Waals surface area contributed by atoms with E-state index in [0.717, 1.165) is 49.8 Å². The molecule has 10 heteroatoms. The number of anilines is 1. The third-order valence-electron chi connectivity index (χ3n) is 4.24. The van der Waals surface area contributed by atoms with Crippen molar-refractivity contribution in [3.05, 3.63) is 45.9 Å². The van der Waals surface area contributed by atoms with E-state index in [1.54, 1.807) is 47.5 Å². The molecule has 1 fully saturated rings. The number of carbonyl (C=O) groups excluding carboxylic acids is 1. The summed E-state index contributed by atoms with van der Waals surface area (Å²) < 4.78 is 30.3. The number of sulfonamides is 1. The van der Waals surface area contributed by atoms with Crippen LogP contribution in [0.1, 0.15) is 21.1 Å². The average Bonchev–Trinajstić information content (AvgIpc) is 3.08. The largest absolute Gasteiger partial charge is 0.379 e. The van der Waals surface area contributed by atoms with Gasteiger partial charge in [0.15, 0.2) is 0 Å². The summed E-state index contributed by atoms with van der Waals surface area (Å²) in [5.74, 6) is -0.145. The minimum atomic E-state index is -3.34. The van der Waals surface area contributed by atoms with Gasteiger partial charge in [-0.2, -0.15) is 0 Å². The predicted octanol–water partition coefficient (Wildman–Crippen LogP) is 1.62. The Labute approximate surface area is 169 Å². The Balaban J connectivity index is 1.56. The lowest BCUT2D eigenvalue weighted by Crippen LogP contribution is -2.35. The van der Waals surface area contributed by atoms with Crippen LogP contribution in [0.3, 0.4) is 0 Å². The van der Waals surface area contributed by atoms with E-state index in [4.69, 9.17) is 4.74 Å². The number of nitrogens with one attached hydrogen (secondary N) is 1. The molecule has 0 unspecified atom stereocenters. The van der Waals surface area contributed by atoms with E-state index in [9.17, 15) is 13.2 Å². The highest BCUT2D eigenvalue weighted by Crippen LogP contribution is 2.17. The lowest BCUT2D eigenvalue weighted by atomic mass is 10.2. The normalized spacial score (nSPS) is 15.4. The third-order valence-corrected chi connectivity index (χ3v) is 5.73. The van der Waals surface area contributed by atoms with Crippen molar-refractivity contribution in [2.75, 3.05) is 44.3 Å². The fourth-order valence-corrected chi connectivity index (χ4v) is 4.27. The molecule has 2 aromatic rings. The molecule has 152 valence electrons. The number of morpholine rings is 1. The van der Waals surface area contributed by atoms with E-state index in [-0.39, 0.29) is 5.91 Å². The first-order chi connectivity index (χ1) is 13.3. The Bertz CT molecular complexity index is 906. The Hall–Kier alpha value is -2.01. The number of hydrogen-bond acceptors (Lipinski definition) is 7. The van der Waals surface area contributed by atoms with Crippen LogP contribution in [0.4, 0.5) is 5.69 Å². The molecule has 0 atom stereocenters. The number of rotatable bonds is 7. The van der Waals surface area contributed by atoms with Gasteiger partial charge in [-0.1, -0.05) is 0 Å². The number of hydrogen-bond donors (Lipinski definition) is 1. The summed E-state index contributed by atoms with van der Waals surface area (Å²) in [6, 6.07) is 6.37. The molecular formula is C18H24N4O4S2. The quantitative estimate of drug-likeness (QED) is 0.726. The molecule has 1 aromatic carbocycles. The first-order valence-electron chi connectivity index (χ1n) is 8.87. The second kappa shape index (κ2) is 8.99. The Morgan fingerprint density at radius 2 is 1.96 bits per heavy atom. The van der Waals surface area contributed by atoms with Crippen molar-refractivity contribution in [1.82, 2.24) is 14.8 Å². The van der Waals surface area contributed by atoms with E-state index in [2.05, 4.69) is 14.6 Å². The van der Waals surface area contributed by atoms with E-state index < -0.39 is 10.0 Å². The zero-order valence-electron chi connectivity index (χ0n) is 15.9. The summed E-state index contributed by atoms with van der Waals surface area (Å²) in [6.07, 6.45) is 1.08. The van der Waals surface area contributed by atoms with Gasteiger partial charge in [0, 0.05) is 36.8 Å². The molecule has 1 aliphatic heterocycles. The van der Waals surface area contributed by atoms with Gasteiger partial charge in [-0.15, -0.1) is 11.3 Å². The molecule has 1 aliphatic rings. The summed E-state index contributed by atoms with van der Waals surface area (Å²) >= 11 is 1.60. The van der Waals surface area contributed by atoms with Gasteiger partial charge in [0.25, 0.3) is 5.91 Å². The maximum absolute atomic E-state index is 12.6. The second-order valence-corrected chi connectivity index (χ2v) is 9.43. The SMILES string of the molecule is CN(Cc1csc(CN2CCOCC2)n1)C(=O)c1ccc(NS(C)(=O)=O)cc1. The standard InChI is InChI=1S/C18H24N4O4S2/c1-21(18(23)14-3-5-15(6-4-14)20-28(2,24)25)11-16-13-27-17(19-16)12-22-7-9-26-10-8-22/h3-6,13,20H,7-12H2,1-2H3. The van der Waals surface area contributed by atoms with Gasteiger partial charge in [-0.25, -0.2) is 13.4 Å². The summed E-state index contributed by atoms with van der Waals surface area (Å²) in [7, 11) is -1.61. The third kappa shape index (κ3) is 5.99. The van der Waals surface area contributed by atoms with Crippen LogP contribution in [-0.4, -0.2) is 68.7 Å². The smallest absolute Gasteiger partial charge is 0.253 e. The van der Waals surface area contributed by atoms with E-state index in [0.29, 0.717) is 17.8 Å². The molecule has 2 heterocycles. The summed E-state index contributed by atoms with van der Waals surface area (Å²) in [6.45, 7) is 4.57. The topological polar surface area (TPSA) is 91.8 Å². The highest BCUT2D eigenvalue weighted by Gasteiger charge is 2.16. The minimum absolute atomic E-state index is 0.145. The molecule has 1 amide bonds. The van der Waals surface area contributed by atoms with Crippen molar-refractivity contribution < 1.29 is 17.9 Å². The lowest BCUT2D eigenvalue weighted by Gasteiger charge is -2.25. The van der Waals surface area contributed by atoms with Gasteiger partial charge >= 0.3 is 0 Å². The van der Waals surface area contributed by atoms with E-state index >= 15 is 0 Å². The fourth-order valence-electron chi connectivity index (χ4n) is 2.87. The molecule has 0 spiro atoms. The summed E-state index contributed by atoms with van der Waals surface area (Å²) in [5.41, 5.74) is 1.78. The summed E-state index contributed by atoms with van der Waals surface area (Å²) in [5, 5.41) is 3.02. The molecule has 0 aliphatic carbocycles. The first-order valence-corrected chi connectivity index (χ1v) is 11.6. The number of benzene rings is 1. The van der Waals surface area contributed by atoms with Crippen molar-refractivity contribution in [2.45, 2.75) is 13.1 Å². The van der Waals surface area contributed by atoms with Crippen molar-refractivity contribution in [1.29, 1.82) is 0 Å². The average molecular weight is 425 g/mol. The van der Waals surface area contributed by atoms with Crippen molar-refractivity contribution in [2.24, 2.45) is 0 Å². The first kappa shape index (κ1) is 20.7. The molecule has 0 saturated carbocycles. The Morgan fingerprint density at radius 3 is 2.61 bits per heavy atom. The molecule has 28 heavy (non-hydrogen) atoms. The van der Waals surface area contributed by atoms with E-state index in [1.807, 2.05) is 5.38 Å². The Morgan fingerprint density at radius 1 is 1.29 bits per heavy atom. The van der Waals surface area contributed by atoms with Gasteiger partial charge in [0.1, 0.15) is 5.01 Å². The highest BCUT2D eigenvalue weighted by atomic mass is 32.2. The second-order valence-electron chi connectivity index (χ2n) is 6.73. The van der Waals surface area contributed by atoms with Gasteiger partial charge in [0.05, 0.1) is 38.3 Å². The molecule has 0 bridgehead atoms. The zero-order valence-corrected chi connectivity index (χ0v) is 17.6. The molecule has 3 rings (SSSR count). The molecule has 8 nitrogen and oxygen atoms in total. The fraction of sp³-hybridized carbons (Fsp3) is 0.444. The van der Waals surface area contributed by atoms with Gasteiger partial charge in [-0.05, 0) is 24.3 Å². The van der Waals surface area contributed by atoms with Gasteiger partial charge in [0.2, 0.25) is 10.0 Å². The van der Waals surface area contributed by atoms with Crippen LogP contribution in [0, 0.1) is 0 Å². The molecule has 0 radical (unpaired) electrons. The lowest BCUT2D eigenvalue weighted by molar-refractivity contribution is 0.0341. The number of aromatic nitrogens is 1. The maximum atomic E-state index is 12.6. The number of ether oxygens (including phenoxy) is 1. The molecule has 1 saturated heterocycles. The maximum Gasteiger partial charge on any atom is 0.253 e. The number of nitrogens with zero attached hydrogens (tertiary/aromatic N) is 3. The summed E-state index contributed by atoms with van der Waals surface area (Å²) in [4.78, 5) is 21.2. The Kier molecular flexibility index (Phi) is 6.65. The predicted molar refractivity (Wildman–Crippen MR) is 109 cm³/mol. The van der Waals surface area contributed by atoms with E-state index in [1.165, 1.54) is 0 Å².